The molecule has 3 aromatic heterocycles. The molecule has 6 nitrogen and oxygen atoms in total. The molecule has 1 aromatic carbocycles. The zero-order valence-corrected chi connectivity index (χ0v) is 12.4. The van der Waals surface area contributed by atoms with Gasteiger partial charge in [-0.1, -0.05) is 12.1 Å². The maximum atomic E-state index is 5.86. The zero-order chi connectivity index (χ0) is 14.2. The Labute approximate surface area is 127 Å². The first-order chi connectivity index (χ1) is 10.3. The summed E-state index contributed by atoms with van der Waals surface area (Å²) >= 11 is 3.43. The molecule has 0 aliphatic rings. The van der Waals surface area contributed by atoms with Gasteiger partial charge in [-0.15, -0.1) is 0 Å². The number of fused-ring (bicyclic) bond motifs is 3. The van der Waals surface area contributed by atoms with E-state index >= 15 is 0 Å². The molecule has 0 unspecified atom stereocenters. The van der Waals surface area contributed by atoms with Gasteiger partial charge >= 0.3 is 0 Å². The van der Waals surface area contributed by atoms with E-state index in [9.17, 15) is 0 Å². The highest BCUT2D eigenvalue weighted by atomic mass is 79.9. The number of furan rings is 1. The van der Waals surface area contributed by atoms with Crippen LogP contribution in [0.3, 0.4) is 0 Å². The maximum absolute atomic E-state index is 5.86. The van der Waals surface area contributed by atoms with Gasteiger partial charge in [-0.3, -0.25) is 5.10 Å². The smallest absolute Gasteiger partial charge is 0.196 e. The third kappa shape index (κ3) is 2.06. The monoisotopic (exact) mass is 343 g/mol. The fourth-order valence-corrected chi connectivity index (χ4v) is 2.57. The number of nitrogens with zero attached hydrogens (tertiary/aromatic N) is 3. The minimum absolute atomic E-state index is 0.559. The molecule has 0 bridgehead atoms. The molecule has 0 spiro atoms. The lowest BCUT2D eigenvalue weighted by molar-refractivity contribution is 0.666. The van der Waals surface area contributed by atoms with Crippen LogP contribution in [0.1, 0.15) is 5.69 Å². The van der Waals surface area contributed by atoms with E-state index in [2.05, 4.69) is 41.4 Å². The second-order valence-corrected chi connectivity index (χ2v) is 5.40. The Kier molecular flexibility index (Phi) is 2.85. The molecule has 4 aromatic rings. The highest BCUT2D eigenvalue weighted by molar-refractivity contribution is 9.10. The molecule has 2 N–H and O–H groups in total. The van der Waals surface area contributed by atoms with Crippen LogP contribution >= 0.6 is 15.9 Å². The van der Waals surface area contributed by atoms with Gasteiger partial charge in [0, 0.05) is 5.39 Å². The second-order valence-electron chi connectivity index (χ2n) is 4.55. The van der Waals surface area contributed by atoms with Crippen molar-refractivity contribution >= 4 is 43.8 Å². The number of hydrogen-bond acceptors (Lipinski definition) is 5. The summed E-state index contributed by atoms with van der Waals surface area (Å²) in [6.45, 7) is 0.559. The average molecular weight is 344 g/mol. The Bertz CT molecular complexity index is 929. The van der Waals surface area contributed by atoms with Crippen molar-refractivity contribution in [3.63, 3.8) is 0 Å². The summed E-state index contributed by atoms with van der Waals surface area (Å²) in [4.78, 5) is 8.58. The lowest BCUT2D eigenvalue weighted by atomic mass is 10.2. The van der Waals surface area contributed by atoms with Crippen molar-refractivity contribution in [2.45, 2.75) is 6.54 Å². The summed E-state index contributed by atoms with van der Waals surface area (Å²) in [6.07, 6.45) is 3.25. The molecule has 0 aliphatic heterocycles. The Hall–Kier alpha value is -2.41. The van der Waals surface area contributed by atoms with Crippen LogP contribution in [0.15, 0.2) is 45.7 Å². The number of para-hydroxylation sites is 1. The van der Waals surface area contributed by atoms with Crippen molar-refractivity contribution in [2.75, 3.05) is 5.32 Å². The van der Waals surface area contributed by atoms with Gasteiger partial charge in [0.1, 0.15) is 17.4 Å². The first-order valence-corrected chi connectivity index (χ1v) is 7.16. The number of nitrogens with one attached hydrogen (secondary N) is 2. The lowest BCUT2D eigenvalue weighted by Crippen LogP contribution is -2.02. The minimum atomic E-state index is 0.559. The predicted octanol–water partition coefficient (Wildman–Crippen LogP) is 3.47. The normalized spacial score (nSPS) is 11.3. The minimum Gasteiger partial charge on any atom is -0.450 e. The molecular weight excluding hydrogens is 334 g/mol. The van der Waals surface area contributed by atoms with Gasteiger partial charge in [0.15, 0.2) is 11.4 Å². The molecule has 0 fully saturated rings. The molecule has 4 rings (SSSR count). The first-order valence-electron chi connectivity index (χ1n) is 6.37. The van der Waals surface area contributed by atoms with Crippen LogP contribution in [-0.2, 0) is 6.54 Å². The SMILES string of the molecule is Brc1cn[nH]c1CNc1ncnc2c1oc1ccccc12. The van der Waals surface area contributed by atoms with Crippen LogP contribution in [0.4, 0.5) is 5.82 Å². The van der Waals surface area contributed by atoms with Crippen LogP contribution in [0.5, 0.6) is 0 Å². The van der Waals surface area contributed by atoms with Crippen molar-refractivity contribution in [1.82, 2.24) is 20.2 Å². The molecular formula is C14H10BrN5O. The van der Waals surface area contributed by atoms with Gasteiger partial charge in [-0.05, 0) is 28.1 Å². The van der Waals surface area contributed by atoms with E-state index in [1.165, 1.54) is 6.33 Å². The predicted molar refractivity (Wildman–Crippen MR) is 82.9 cm³/mol. The molecule has 0 radical (unpaired) electrons. The number of benzene rings is 1. The van der Waals surface area contributed by atoms with E-state index in [4.69, 9.17) is 4.42 Å². The lowest BCUT2D eigenvalue weighted by Gasteiger charge is -2.04. The fraction of sp³-hybridized carbons (Fsp3) is 0.0714. The highest BCUT2D eigenvalue weighted by Gasteiger charge is 2.13. The van der Waals surface area contributed by atoms with Crippen LogP contribution in [-0.4, -0.2) is 20.2 Å². The summed E-state index contributed by atoms with van der Waals surface area (Å²) in [6, 6.07) is 7.82. The van der Waals surface area contributed by atoms with Gasteiger partial charge in [-0.25, -0.2) is 9.97 Å². The first kappa shape index (κ1) is 12.3. The number of anilines is 1. The molecule has 3 heterocycles. The van der Waals surface area contributed by atoms with Crippen LogP contribution in [0.25, 0.3) is 22.1 Å². The average Bonchev–Trinajstić information content (AvgIpc) is 3.09. The summed E-state index contributed by atoms with van der Waals surface area (Å²) in [5.41, 5.74) is 3.22. The van der Waals surface area contributed by atoms with E-state index in [-0.39, 0.29) is 0 Å². The van der Waals surface area contributed by atoms with Gasteiger partial charge in [-0.2, -0.15) is 5.10 Å². The second kappa shape index (κ2) is 4.85. The summed E-state index contributed by atoms with van der Waals surface area (Å²) in [5, 5.41) is 11.1. The fourth-order valence-electron chi connectivity index (χ4n) is 2.24. The van der Waals surface area contributed by atoms with Crippen LogP contribution in [0, 0.1) is 0 Å². The number of halogens is 1. The third-order valence-corrected chi connectivity index (χ3v) is 3.94. The van der Waals surface area contributed by atoms with Crippen LogP contribution < -0.4 is 5.32 Å². The van der Waals surface area contributed by atoms with Gasteiger partial charge < -0.3 is 9.73 Å². The largest absolute Gasteiger partial charge is 0.450 e. The molecule has 21 heavy (non-hydrogen) atoms. The van der Waals surface area contributed by atoms with Crippen LogP contribution in [0.2, 0.25) is 0 Å². The van der Waals surface area contributed by atoms with E-state index in [1.807, 2.05) is 24.3 Å². The standard InChI is InChI=1S/C14H10BrN5O/c15-9-5-19-20-10(9)6-16-14-13-12(17-7-18-14)8-3-1-2-4-11(8)21-13/h1-5,7H,6H2,(H,19,20)(H,16,17,18). The molecule has 104 valence electrons. The zero-order valence-electron chi connectivity index (χ0n) is 10.8. The molecule has 7 heteroatoms. The molecule has 0 atom stereocenters. The Morgan fingerprint density at radius 1 is 1.24 bits per heavy atom. The van der Waals surface area contributed by atoms with E-state index in [0.717, 1.165) is 26.7 Å². The Morgan fingerprint density at radius 2 is 2.14 bits per heavy atom. The topological polar surface area (TPSA) is 79.6 Å². The molecule has 0 saturated heterocycles. The maximum Gasteiger partial charge on any atom is 0.196 e. The van der Waals surface area contributed by atoms with Gasteiger partial charge in [0.2, 0.25) is 0 Å². The Balaban J connectivity index is 1.76. The van der Waals surface area contributed by atoms with Crippen molar-refractivity contribution in [1.29, 1.82) is 0 Å². The highest BCUT2D eigenvalue weighted by Crippen LogP contribution is 2.30. The molecule has 0 saturated carbocycles. The number of hydrogen-bond donors (Lipinski definition) is 2. The van der Waals surface area contributed by atoms with Crippen molar-refractivity contribution < 1.29 is 4.42 Å². The van der Waals surface area contributed by atoms with Crippen molar-refractivity contribution in [2.24, 2.45) is 0 Å². The number of rotatable bonds is 3. The Morgan fingerprint density at radius 3 is 3.00 bits per heavy atom. The molecule has 0 amide bonds. The molecule has 0 aliphatic carbocycles. The van der Waals surface area contributed by atoms with E-state index < -0.39 is 0 Å². The number of aromatic nitrogens is 4. The number of aromatic amines is 1. The summed E-state index contributed by atoms with van der Waals surface area (Å²) < 4.78 is 6.78. The van der Waals surface area contributed by atoms with Crippen molar-refractivity contribution in [3.8, 4) is 0 Å². The third-order valence-electron chi connectivity index (χ3n) is 3.26. The van der Waals surface area contributed by atoms with E-state index in [1.54, 1.807) is 6.20 Å². The van der Waals surface area contributed by atoms with E-state index in [0.29, 0.717) is 17.9 Å². The quantitative estimate of drug-likeness (QED) is 0.595. The number of H-pyrrole nitrogens is 1. The van der Waals surface area contributed by atoms with Crippen molar-refractivity contribution in [3.05, 3.63) is 47.0 Å². The summed E-state index contributed by atoms with van der Waals surface area (Å²) in [5.74, 6) is 0.665. The summed E-state index contributed by atoms with van der Waals surface area (Å²) in [7, 11) is 0. The van der Waals surface area contributed by atoms with Gasteiger partial charge in [0.25, 0.3) is 0 Å². The van der Waals surface area contributed by atoms with Gasteiger partial charge in [0.05, 0.1) is 22.9 Å².